The van der Waals surface area contributed by atoms with E-state index in [1.165, 1.54) is 0 Å². The van der Waals surface area contributed by atoms with Gasteiger partial charge in [-0.15, -0.1) is 0 Å². The predicted molar refractivity (Wildman–Crippen MR) is 69.3 cm³/mol. The Labute approximate surface area is 122 Å². The molecule has 0 aromatic heterocycles. The average Bonchev–Trinajstić information content (AvgIpc) is 2.55. The molecule has 1 aromatic rings. The predicted octanol–water partition coefficient (Wildman–Crippen LogP) is 3.88. The Kier molecular flexibility index (Phi) is 3.45. The number of hydrogen-bond donors (Lipinski definition) is 0. The zero-order valence-electron chi connectivity index (χ0n) is 8.81. The molecule has 0 amide bonds. The van der Waals surface area contributed by atoms with Crippen LogP contribution in [-0.2, 0) is 4.79 Å². The quantitative estimate of drug-likeness (QED) is 0.447. The highest BCUT2D eigenvalue weighted by Crippen LogP contribution is 2.46. The molecule has 0 N–H and O–H groups in total. The molecule has 0 fully saturated rings. The molecule has 0 unspecified atom stereocenters. The molecule has 0 bridgehead atoms. The van der Waals surface area contributed by atoms with E-state index in [1.54, 1.807) is 0 Å². The lowest BCUT2D eigenvalue weighted by atomic mass is 10.00. The molecule has 7 heteroatoms. The minimum Gasteiger partial charge on any atom is -0.299 e. The Morgan fingerprint density at radius 2 is 1.17 bits per heavy atom. The summed E-state index contributed by atoms with van der Waals surface area (Å²) < 4.78 is 0. The van der Waals surface area contributed by atoms with Crippen LogP contribution in [0.2, 0.25) is 20.1 Å². The molecule has 3 nitrogen and oxygen atoms in total. The lowest BCUT2D eigenvalue weighted by Crippen LogP contribution is -2.23. The highest BCUT2D eigenvalue weighted by molar-refractivity contribution is 6.56. The Morgan fingerprint density at radius 1 is 0.833 bits per heavy atom. The van der Waals surface area contributed by atoms with Gasteiger partial charge in [-0.25, -0.2) is 0 Å². The zero-order valence-corrected chi connectivity index (χ0v) is 11.8. The number of halogens is 4. The smallest absolute Gasteiger partial charge is 0.183 e. The second kappa shape index (κ2) is 4.49. The van der Waals surface area contributed by atoms with E-state index in [0.717, 1.165) is 6.92 Å². The molecular weight excluding hydrogens is 322 g/mol. The van der Waals surface area contributed by atoms with Crippen LogP contribution in [0.3, 0.4) is 0 Å². The number of carbonyl (C=O) groups excluding carboxylic acids is 3. The van der Waals surface area contributed by atoms with Crippen LogP contribution in [0, 0.1) is 5.92 Å². The van der Waals surface area contributed by atoms with Crippen molar-refractivity contribution in [1.29, 1.82) is 0 Å². The maximum atomic E-state index is 12.0. The van der Waals surface area contributed by atoms with Crippen LogP contribution in [0.5, 0.6) is 0 Å². The zero-order chi connectivity index (χ0) is 13.8. The van der Waals surface area contributed by atoms with Gasteiger partial charge in [0.05, 0.1) is 31.2 Å². The summed E-state index contributed by atoms with van der Waals surface area (Å²) in [5.74, 6) is -3.34. The van der Waals surface area contributed by atoms with Crippen LogP contribution in [-0.4, -0.2) is 17.3 Å². The van der Waals surface area contributed by atoms with Crippen molar-refractivity contribution in [3.05, 3.63) is 31.2 Å². The van der Waals surface area contributed by atoms with E-state index in [0.29, 0.717) is 0 Å². The van der Waals surface area contributed by atoms with Crippen molar-refractivity contribution in [3.8, 4) is 0 Å². The maximum absolute atomic E-state index is 12.0. The number of Topliss-reactive ketones (excluding diaryl/α,β-unsaturated/α-hetero) is 3. The van der Waals surface area contributed by atoms with Crippen molar-refractivity contribution in [2.75, 3.05) is 0 Å². The number of benzene rings is 1. The molecule has 0 aliphatic heterocycles. The minimum absolute atomic E-state index is 0.104. The topological polar surface area (TPSA) is 51.2 Å². The molecule has 1 aromatic carbocycles. The number of carbonyl (C=O) groups is 3. The first-order valence-corrected chi connectivity index (χ1v) is 6.25. The summed E-state index contributed by atoms with van der Waals surface area (Å²) in [6.45, 7) is 1.15. The van der Waals surface area contributed by atoms with Crippen molar-refractivity contribution in [2.24, 2.45) is 5.92 Å². The second-order valence-corrected chi connectivity index (χ2v) is 5.29. The van der Waals surface area contributed by atoms with Crippen LogP contribution in [0.1, 0.15) is 27.6 Å². The Balaban J connectivity index is 2.85. The first-order chi connectivity index (χ1) is 8.29. The van der Waals surface area contributed by atoms with Crippen LogP contribution in [0.25, 0.3) is 0 Å². The van der Waals surface area contributed by atoms with Gasteiger partial charge < -0.3 is 0 Å². The van der Waals surface area contributed by atoms with E-state index in [-0.39, 0.29) is 31.2 Å². The standard InChI is InChI=1S/C11H4Cl4O3/c1-2(16)3-10(17)4-5(11(3)18)7(13)9(15)8(14)6(4)12/h3H,1H3. The van der Waals surface area contributed by atoms with Gasteiger partial charge in [-0.2, -0.15) is 0 Å². The molecule has 94 valence electrons. The van der Waals surface area contributed by atoms with Crippen LogP contribution < -0.4 is 0 Å². The fraction of sp³-hybridized carbons (Fsp3) is 0.182. The molecule has 2 rings (SSSR count). The monoisotopic (exact) mass is 324 g/mol. The average molecular weight is 326 g/mol. The van der Waals surface area contributed by atoms with Gasteiger partial charge in [0.25, 0.3) is 0 Å². The molecule has 0 spiro atoms. The Morgan fingerprint density at radius 3 is 1.44 bits per heavy atom. The largest absolute Gasteiger partial charge is 0.299 e. The molecule has 1 aliphatic carbocycles. The first-order valence-electron chi connectivity index (χ1n) is 4.73. The summed E-state index contributed by atoms with van der Waals surface area (Å²) in [6.07, 6.45) is 0. The van der Waals surface area contributed by atoms with E-state index in [4.69, 9.17) is 46.4 Å². The van der Waals surface area contributed by atoms with E-state index >= 15 is 0 Å². The third-order valence-electron chi connectivity index (χ3n) is 2.69. The van der Waals surface area contributed by atoms with Crippen molar-refractivity contribution in [2.45, 2.75) is 6.92 Å². The second-order valence-electron chi connectivity index (χ2n) is 3.78. The summed E-state index contributed by atoms with van der Waals surface area (Å²) in [4.78, 5) is 35.3. The van der Waals surface area contributed by atoms with Gasteiger partial charge in [-0.1, -0.05) is 46.4 Å². The Hall–Kier alpha value is -0.610. The highest BCUT2D eigenvalue weighted by atomic mass is 35.5. The molecule has 0 atom stereocenters. The summed E-state index contributed by atoms with van der Waals surface area (Å²) in [5.41, 5.74) is -0.248. The van der Waals surface area contributed by atoms with Gasteiger partial charge in [0, 0.05) is 0 Å². The van der Waals surface area contributed by atoms with Gasteiger partial charge in [-0.3, -0.25) is 14.4 Å². The summed E-state index contributed by atoms with van der Waals surface area (Å²) >= 11 is 23.4. The van der Waals surface area contributed by atoms with E-state index in [1.807, 2.05) is 0 Å². The molecule has 18 heavy (non-hydrogen) atoms. The molecule has 0 saturated heterocycles. The summed E-state index contributed by atoms with van der Waals surface area (Å²) in [6, 6.07) is 0. The number of ketones is 3. The van der Waals surface area contributed by atoms with Gasteiger partial charge >= 0.3 is 0 Å². The molecule has 0 heterocycles. The highest BCUT2D eigenvalue weighted by Gasteiger charge is 2.45. The van der Waals surface area contributed by atoms with Crippen LogP contribution in [0.15, 0.2) is 0 Å². The number of fused-ring (bicyclic) bond motifs is 1. The van der Waals surface area contributed by atoms with Gasteiger partial charge in [0.15, 0.2) is 11.6 Å². The van der Waals surface area contributed by atoms with E-state index in [9.17, 15) is 14.4 Å². The van der Waals surface area contributed by atoms with Gasteiger partial charge in [-0.05, 0) is 6.92 Å². The van der Waals surface area contributed by atoms with Crippen molar-refractivity contribution in [1.82, 2.24) is 0 Å². The number of rotatable bonds is 1. The molecular formula is C11H4Cl4O3. The third-order valence-corrected chi connectivity index (χ3v) is 4.49. The maximum Gasteiger partial charge on any atom is 0.183 e. The summed E-state index contributed by atoms with van der Waals surface area (Å²) in [7, 11) is 0. The van der Waals surface area contributed by atoms with Crippen molar-refractivity contribution in [3.63, 3.8) is 0 Å². The fourth-order valence-corrected chi connectivity index (χ4v) is 2.91. The van der Waals surface area contributed by atoms with E-state index in [2.05, 4.69) is 0 Å². The first kappa shape index (κ1) is 13.8. The fourth-order valence-electron chi connectivity index (χ4n) is 1.87. The lowest BCUT2D eigenvalue weighted by Gasteiger charge is -2.07. The third kappa shape index (κ3) is 1.69. The molecule has 1 aliphatic rings. The number of hydrogen-bond acceptors (Lipinski definition) is 3. The van der Waals surface area contributed by atoms with Crippen molar-refractivity contribution < 1.29 is 14.4 Å². The summed E-state index contributed by atoms with van der Waals surface area (Å²) in [5, 5.41) is -0.508. The van der Waals surface area contributed by atoms with E-state index < -0.39 is 23.3 Å². The minimum atomic E-state index is -1.40. The van der Waals surface area contributed by atoms with Crippen molar-refractivity contribution >= 4 is 63.8 Å². The normalized spacial score (nSPS) is 15.2. The van der Waals surface area contributed by atoms with Gasteiger partial charge in [0.1, 0.15) is 11.7 Å². The molecule has 0 radical (unpaired) electrons. The van der Waals surface area contributed by atoms with Gasteiger partial charge in [0.2, 0.25) is 0 Å². The Bertz CT molecular complexity index is 574. The van der Waals surface area contributed by atoms with Crippen LogP contribution >= 0.6 is 46.4 Å². The SMILES string of the molecule is CC(=O)C1C(=O)c2c(Cl)c(Cl)c(Cl)c(Cl)c2C1=O. The van der Waals surface area contributed by atoms with Crippen LogP contribution in [0.4, 0.5) is 0 Å². The molecule has 0 saturated carbocycles. The lowest BCUT2D eigenvalue weighted by molar-refractivity contribution is -0.118.